The van der Waals surface area contributed by atoms with E-state index >= 15 is 0 Å². The van der Waals surface area contributed by atoms with E-state index in [1.54, 1.807) is 7.11 Å². The van der Waals surface area contributed by atoms with Crippen molar-refractivity contribution in [1.82, 2.24) is 4.98 Å². The summed E-state index contributed by atoms with van der Waals surface area (Å²) in [6, 6.07) is 4.00. The summed E-state index contributed by atoms with van der Waals surface area (Å²) < 4.78 is 6.05. The predicted molar refractivity (Wildman–Crippen MR) is 52.2 cm³/mol. The van der Waals surface area contributed by atoms with Gasteiger partial charge >= 0.3 is 0 Å². The van der Waals surface area contributed by atoms with Crippen LogP contribution in [0, 0.1) is 0 Å². The van der Waals surface area contributed by atoms with E-state index in [1.165, 1.54) is 0 Å². The van der Waals surface area contributed by atoms with Gasteiger partial charge in [-0.25, -0.2) is 0 Å². The first-order valence-electron chi connectivity index (χ1n) is 3.84. The molecule has 0 saturated heterocycles. The van der Waals surface area contributed by atoms with E-state index < -0.39 is 0 Å². The summed E-state index contributed by atoms with van der Waals surface area (Å²) >= 11 is 3.34. The maximum Gasteiger partial charge on any atom is 0.0543 e. The Bertz CT molecular complexity index is 235. The van der Waals surface area contributed by atoms with Gasteiger partial charge in [-0.05, 0) is 28.1 Å². The molecule has 1 aromatic rings. The minimum absolute atomic E-state index is 0.364. The molecule has 0 N–H and O–H groups in total. The summed E-state index contributed by atoms with van der Waals surface area (Å²) in [5.74, 6) is 0.364. The molecule has 66 valence electrons. The lowest BCUT2D eigenvalue weighted by Crippen LogP contribution is -2.03. The van der Waals surface area contributed by atoms with Crippen LogP contribution >= 0.6 is 15.9 Å². The van der Waals surface area contributed by atoms with E-state index in [9.17, 15) is 0 Å². The van der Waals surface area contributed by atoms with Crippen molar-refractivity contribution < 1.29 is 4.74 Å². The van der Waals surface area contributed by atoms with Gasteiger partial charge in [-0.3, -0.25) is 4.98 Å². The van der Waals surface area contributed by atoms with Gasteiger partial charge in [0, 0.05) is 29.4 Å². The highest BCUT2D eigenvalue weighted by atomic mass is 79.9. The number of hydrogen-bond acceptors (Lipinski definition) is 2. The SMILES string of the molecule is COCC(C)c1ccc(Br)cn1. The Labute approximate surface area is 81.1 Å². The Hall–Kier alpha value is -0.410. The highest BCUT2D eigenvalue weighted by Crippen LogP contribution is 2.15. The largest absolute Gasteiger partial charge is 0.384 e. The molecule has 0 bridgehead atoms. The summed E-state index contributed by atoms with van der Waals surface area (Å²) in [5.41, 5.74) is 1.07. The quantitative estimate of drug-likeness (QED) is 0.796. The second-order valence-electron chi connectivity index (χ2n) is 2.76. The van der Waals surface area contributed by atoms with Crippen LogP contribution in [0.4, 0.5) is 0 Å². The molecule has 1 heterocycles. The van der Waals surface area contributed by atoms with Crippen molar-refractivity contribution >= 4 is 15.9 Å². The molecule has 1 unspecified atom stereocenters. The first kappa shape index (κ1) is 9.68. The third-order valence-electron chi connectivity index (χ3n) is 1.67. The zero-order valence-corrected chi connectivity index (χ0v) is 8.84. The molecule has 1 atom stereocenters. The molecule has 0 amide bonds. The fraction of sp³-hybridized carbons (Fsp3) is 0.444. The standard InChI is InChI=1S/C9H12BrNO/c1-7(6-12-2)9-4-3-8(10)5-11-9/h3-5,7H,6H2,1-2H3. The number of pyridine rings is 1. The molecule has 0 aromatic carbocycles. The van der Waals surface area contributed by atoms with Gasteiger partial charge in [0.25, 0.3) is 0 Å². The van der Waals surface area contributed by atoms with E-state index in [4.69, 9.17) is 4.74 Å². The van der Waals surface area contributed by atoms with Crippen LogP contribution in [-0.4, -0.2) is 18.7 Å². The van der Waals surface area contributed by atoms with Gasteiger partial charge in [-0.1, -0.05) is 6.92 Å². The number of halogens is 1. The minimum Gasteiger partial charge on any atom is -0.384 e. The van der Waals surface area contributed by atoms with Gasteiger partial charge in [0.15, 0.2) is 0 Å². The van der Waals surface area contributed by atoms with Crippen LogP contribution in [-0.2, 0) is 4.74 Å². The number of aromatic nitrogens is 1. The van der Waals surface area contributed by atoms with E-state index in [2.05, 4.69) is 27.8 Å². The molecule has 0 radical (unpaired) electrons. The Morgan fingerprint density at radius 1 is 1.58 bits per heavy atom. The van der Waals surface area contributed by atoms with Crippen LogP contribution in [0.25, 0.3) is 0 Å². The zero-order chi connectivity index (χ0) is 8.97. The molecular weight excluding hydrogens is 218 g/mol. The molecule has 0 fully saturated rings. The third kappa shape index (κ3) is 2.57. The Morgan fingerprint density at radius 2 is 2.33 bits per heavy atom. The zero-order valence-electron chi connectivity index (χ0n) is 7.25. The van der Waals surface area contributed by atoms with E-state index in [-0.39, 0.29) is 0 Å². The number of rotatable bonds is 3. The highest BCUT2D eigenvalue weighted by Gasteiger charge is 2.05. The number of methoxy groups -OCH3 is 1. The topological polar surface area (TPSA) is 22.1 Å². The minimum atomic E-state index is 0.364. The molecule has 12 heavy (non-hydrogen) atoms. The third-order valence-corrected chi connectivity index (χ3v) is 2.14. The van der Waals surface area contributed by atoms with Gasteiger partial charge in [0.05, 0.1) is 6.61 Å². The first-order valence-corrected chi connectivity index (χ1v) is 4.63. The Balaban J connectivity index is 2.68. The molecule has 3 heteroatoms. The summed E-state index contributed by atoms with van der Waals surface area (Å²) in [7, 11) is 1.70. The molecular formula is C9H12BrNO. The van der Waals surface area contributed by atoms with Gasteiger partial charge < -0.3 is 4.74 Å². The molecule has 0 spiro atoms. The molecule has 0 aliphatic carbocycles. The van der Waals surface area contributed by atoms with Crippen LogP contribution in [0.2, 0.25) is 0 Å². The Kier molecular flexibility index (Phi) is 3.69. The van der Waals surface area contributed by atoms with Crippen molar-refractivity contribution in [3.05, 3.63) is 28.5 Å². The van der Waals surface area contributed by atoms with Crippen LogP contribution in [0.15, 0.2) is 22.8 Å². The predicted octanol–water partition coefficient (Wildman–Crippen LogP) is 2.59. The average Bonchev–Trinajstić information content (AvgIpc) is 2.06. The van der Waals surface area contributed by atoms with Gasteiger partial charge in [0.1, 0.15) is 0 Å². The van der Waals surface area contributed by atoms with E-state index in [0.717, 1.165) is 10.2 Å². The van der Waals surface area contributed by atoms with E-state index in [0.29, 0.717) is 12.5 Å². The lowest BCUT2D eigenvalue weighted by Gasteiger charge is -2.08. The highest BCUT2D eigenvalue weighted by molar-refractivity contribution is 9.10. The summed E-state index contributed by atoms with van der Waals surface area (Å²) in [4.78, 5) is 4.27. The number of ether oxygens (including phenoxy) is 1. The van der Waals surface area contributed by atoms with Gasteiger partial charge in [-0.15, -0.1) is 0 Å². The second kappa shape index (κ2) is 4.58. The van der Waals surface area contributed by atoms with Crippen LogP contribution in [0.1, 0.15) is 18.5 Å². The molecule has 2 nitrogen and oxygen atoms in total. The molecule has 0 aliphatic rings. The summed E-state index contributed by atoms with van der Waals surface area (Å²) in [5, 5.41) is 0. The van der Waals surface area contributed by atoms with Crippen molar-refractivity contribution in [1.29, 1.82) is 0 Å². The molecule has 1 rings (SSSR count). The molecule has 0 aliphatic heterocycles. The van der Waals surface area contributed by atoms with Gasteiger partial charge in [-0.2, -0.15) is 0 Å². The fourth-order valence-electron chi connectivity index (χ4n) is 1.01. The van der Waals surface area contributed by atoms with Crippen molar-refractivity contribution in [2.45, 2.75) is 12.8 Å². The number of hydrogen-bond donors (Lipinski definition) is 0. The van der Waals surface area contributed by atoms with Crippen molar-refractivity contribution in [3.63, 3.8) is 0 Å². The monoisotopic (exact) mass is 229 g/mol. The van der Waals surface area contributed by atoms with Crippen LogP contribution in [0.5, 0.6) is 0 Å². The summed E-state index contributed by atoms with van der Waals surface area (Å²) in [6.45, 7) is 2.81. The van der Waals surface area contributed by atoms with Gasteiger partial charge in [0.2, 0.25) is 0 Å². The maximum atomic E-state index is 5.04. The normalized spacial score (nSPS) is 12.9. The first-order chi connectivity index (χ1) is 5.74. The van der Waals surface area contributed by atoms with Crippen LogP contribution in [0.3, 0.4) is 0 Å². The van der Waals surface area contributed by atoms with Crippen LogP contribution < -0.4 is 0 Å². The van der Waals surface area contributed by atoms with Crippen molar-refractivity contribution in [2.24, 2.45) is 0 Å². The lowest BCUT2D eigenvalue weighted by molar-refractivity contribution is 0.183. The van der Waals surface area contributed by atoms with Crippen molar-refractivity contribution in [3.8, 4) is 0 Å². The summed E-state index contributed by atoms with van der Waals surface area (Å²) in [6.07, 6.45) is 1.81. The smallest absolute Gasteiger partial charge is 0.0543 e. The average molecular weight is 230 g/mol. The Morgan fingerprint density at radius 3 is 2.83 bits per heavy atom. The fourth-order valence-corrected chi connectivity index (χ4v) is 1.25. The number of nitrogens with zero attached hydrogens (tertiary/aromatic N) is 1. The molecule has 1 aromatic heterocycles. The maximum absolute atomic E-state index is 5.04. The molecule has 0 saturated carbocycles. The van der Waals surface area contributed by atoms with Crippen molar-refractivity contribution in [2.75, 3.05) is 13.7 Å². The second-order valence-corrected chi connectivity index (χ2v) is 3.67. The lowest BCUT2D eigenvalue weighted by atomic mass is 10.1. The van der Waals surface area contributed by atoms with E-state index in [1.807, 2.05) is 18.3 Å².